The first-order valence-corrected chi connectivity index (χ1v) is 8.58. The van der Waals surface area contributed by atoms with E-state index in [1.165, 1.54) is 0 Å². The van der Waals surface area contributed by atoms with Crippen LogP contribution in [0.25, 0.3) is 0 Å². The van der Waals surface area contributed by atoms with Crippen molar-refractivity contribution in [3.8, 4) is 0 Å². The zero-order valence-electron chi connectivity index (χ0n) is 8.37. The van der Waals surface area contributed by atoms with E-state index in [9.17, 15) is 14.4 Å². The molecule has 15 heavy (non-hydrogen) atoms. The summed E-state index contributed by atoms with van der Waals surface area (Å²) in [7, 11) is 0. The Morgan fingerprint density at radius 3 is 2.13 bits per heavy atom. The van der Waals surface area contributed by atoms with Crippen molar-refractivity contribution in [1.29, 1.82) is 0 Å². The zero-order chi connectivity index (χ0) is 11.1. The van der Waals surface area contributed by atoms with Crippen LogP contribution in [0.5, 0.6) is 0 Å². The summed E-state index contributed by atoms with van der Waals surface area (Å²) in [4.78, 5) is 34.6. The van der Waals surface area contributed by atoms with Gasteiger partial charge in [-0.2, -0.15) is 0 Å². The quantitative estimate of drug-likeness (QED) is 0.451. The number of rotatable bonds is 4. The number of carbonyl (C=O) groups is 3. The predicted molar refractivity (Wildman–Crippen MR) is 55.9 cm³/mol. The van der Waals surface area contributed by atoms with E-state index in [1.54, 1.807) is 0 Å². The molecule has 4 heteroatoms. The molecule has 1 aliphatic rings. The zero-order valence-corrected chi connectivity index (χ0v) is 10.1. The normalized spacial score (nSPS) is 18.3. The molecule has 0 atom stereocenters. The number of carbonyl (C=O) groups excluding carboxylic acids is 3. The fraction of sp³-hybridized carbons (Fsp3) is 0.364. The third-order valence-electron chi connectivity index (χ3n) is 2.21. The van der Waals surface area contributed by atoms with Crippen LogP contribution in [-0.4, -0.2) is 14.6 Å². The Morgan fingerprint density at radius 1 is 0.933 bits per heavy atom. The van der Waals surface area contributed by atoms with Crippen LogP contribution in [0.2, 0.25) is 0 Å². The van der Waals surface area contributed by atoms with E-state index < -0.39 is 14.8 Å². The predicted octanol–water partition coefficient (Wildman–Crippen LogP) is 1.73. The van der Waals surface area contributed by atoms with Crippen LogP contribution in [0.3, 0.4) is 0 Å². The fourth-order valence-electron chi connectivity index (χ4n) is 1.39. The van der Waals surface area contributed by atoms with E-state index in [4.69, 9.17) is 0 Å². The minimum atomic E-state index is -3.43. The monoisotopic (exact) mass is 296 g/mol. The van der Waals surface area contributed by atoms with Crippen molar-refractivity contribution in [2.45, 2.75) is 25.7 Å². The Labute approximate surface area is 92.1 Å². The van der Waals surface area contributed by atoms with Crippen molar-refractivity contribution in [2.24, 2.45) is 0 Å². The topological polar surface area (TPSA) is 51.2 Å². The summed E-state index contributed by atoms with van der Waals surface area (Å²) < 4.78 is 0.801. The molecular weight excluding hydrogens is 281 g/mol. The van der Waals surface area contributed by atoms with Crippen molar-refractivity contribution in [1.82, 2.24) is 0 Å². The second-order valence-corrected chi connectivity index (χ2v) is 8.72. The van der Waals surface area contributed by atoms with Crippen molar-refractivity contribution in [3.63, 3.8) is 0 Å². The Balaban J connectivity index is 2.95. The van der Waals surface area contributed by atoms with Crippen LogP contribution in [-0.2, 0) is 29.2 Å². The molecule has 1 rings (SSSR count). The second-order valence-electron chi connectivity index (χ2n) is 3.13. The summed E-state index contributed by atoms with van der Waals surface area (Å²) in [5, 5.41) is 0. The molecule has 84 valence electrons. The SMILES string of the molecule is O=[CH][Ru]([CH]=O)([CH]=O)[C]1=CCCC=CCC1. The molecule has 0 aromatic carbocycles. The van der Waals surface area contributed by atoms with Crippen LogP contribution in [0, 0.1) is 0 Å². The summed E-state index contributed by atoms with van der Waals surface area (Å²) in [5.74, 6) is 0. The standard InChI is InChI=1S/C8H11.3CHO.Ru/c1-2-4-6-8-7-5-3-1;3*1-2;/h1-2,7H,3-6H2;3*1H;. The fourth-order valence-corrected chi connectivity index (χ4v) is 4.33. The molecule has 0 aromatic rings. The molecule has 0 saturated heterocycles. The average Bonchev–Trinajstić information content (AvgIpc) is 2.23. The molecule has 3 nitrogen and oxygen atoms in total. The van der Waals surface area contributed by atoms with E-state index in [2.05, 4.69) is 6.08 Å². The molecule has 0 saturated carbocycles. The Kier molecular flexibility index (Phi) is 4.76. The van der Waals surface area contributed by atoms with Gasteiger partial charge < -0.3 is 0 Å². The van der Waals surface area contributed by atoms with Gasteiger partial charge in [-0.05, 0) is 0 Å². The summed E-state index contributed by atoms with van der Waals surface area (Å²) in [6, 6.07) is 0. The Morgan fingerprint density at radius 2 is 1.53 bits per heavy atom. The summed E-state index contributed by atoms with van der Waals surface area (Å²) in [5.41, 5.74) is 0. The number of hydrogen-bond acceptors (Lipinski definition) is 3. The van der Waals surface area contributed by atoms with E-state index in [0.29, 0.717) is 21.1 Å². The van der Waals surface area contributed by atoms with Crippen molar-refractivity contribution >= 4 is 14.6 Å². The molecule has 0 bridgehead atoms. The van der Waals surface area contributed by atoms with Crippen molar-refractivity contribution < 1.29 is 29.2 Å². The van der Waals surface area contributed by atoms with Gasteiger partial charge in [-0.25, -0.2) is 0 Å². The molecule has 0 amide bonds. The molecule has 1 aliphatic carbocycles. The molecule has 0 aliphatic heterocycles. The van der Waals surface area contributed by atoms with Gasteiger partial charge in [0.25, 0.3) is 0 Å². The summed E-state index contributed by atoms with van der Waals surface area (Å²) in [6.07, 6.45) is 9.23. The first-order chi connectivity index (χ1) is 7.29. The van der Waals surface area contributed by atoms with Gasteiger partial charge in [0, 0.05) is 0 Å². The van der Waals surface area contributed by atoms with Gasteiger partial charge in [0.05, 0.1) is 0 Å². The molecule has 0 fully saturated rings. The van der Waals surface area contributed by atoms with E-state index in [-0.39, 0.29) is 0 Å². The van der Waals surface area contributed by atoms with E-state index in [1.807, 2.05) is 12.2 Å². The van der Waals surface area contributed by atoms with Gasteiger partial charge in [0.1, 0.15) is 0 Å². The van der Waals surface area contributed by atoms with Gasteiger partial charge in [-0.15, -0.1) is 0 Å². The van der Waals surface area contributed by atoms with Gasteiger partial charge in [0.15, 0.2) is 0 Å². The molecule has 0 spiro atoms. The van der Waals surface area contributed by atoms with Crippen molar-refractivity contribution in [3.05, 3.63) is 22.4 Å². The van der Waals surface area contributed by atoms with Crippen LogP contribution in [0.4, 0.5) is 0 Å². The molecular formula is C11H14O3Ru. The van der Waals surface area contributed by atoms with Gasteiger partial charge in [-0.3, -0.25) is 0 Å². The van der Waals surface area contributed by atoms with Crippen LogP contribution < -0.4 is 0 Å². The first-order valence-electron chi connectivity index (χ1n) is 4.70. The Hall–Kier alpha value is -0.887. The van der Waals surface area contributed by atoms with E-state index in [0.717, 1.165) is 23.4 Å². The maximum atomic E-state index is 10.9. The molecule has 0 aromatic heterocycles. The molecule has 0 heterocycles. The van der Waals surface area contributed by atoms with Crippen molar-refractivity contribution in [2.75, 3.05) is 0 Å². The molecule has 0 N–H and O–H groups in total. The number of hydrogen-bond donors (Lipinski definition) is 0. The summed E-state index contributed by atoms with van der Waals surface area (Å²) >= 11 is -3.43. The maximum absolute atomic E-state index is 10.9. The third-order valence-corrected chi connectivity index (χ3v) is 6.97. The van der Waals surface area contributed by atoms with Gasteiger partial charge in [0.2, 0.25) is 0 Å². The Bertz CT molecular complexity index is 296. The van der Waals surface area contributed by atoms with Crippen LogP contribution in [0.15, 0.2) is 22.4 Å². The first kappa shape index (κ1) is 12.2. The van der Waals surface area contributed by atoms with Crippen LogP contribution in [0.1, 0.15) is 25.7 Å². The van der Waals surface area contributed by atoms with Gasteiger partial charge in [-0.1, -0.05) is 0 Å². The van der Waals surface area contributed by atoms with Crippen LogP contribution >= 0.6 is 0 Å². The third kappa shape index (κ3) is 2.79. The second kappa shape index (κ2) is 5.86. The van der Waals surface area contributed by atoms with Gasteiger partial charge >= 0.3 is 91.9 Å². The molecule has 0 radical (unpaired) electrons. The summed E-state index contributed by atoms with van der Waals surface area (Å²) in [6.45, 7) is 0. The minimum absolute atomic E-state index is 0.605. The molecule has 0 unspecified atom stereocenters. The van der Waals surface area contributed by atoms with E-state index >= 15 is 0 Å². The average molecular weight is 295 g/mol. The number of allylic oxidation sites excluding steroid dienone is 4.